The van der Waals surface area contributed by atoms with Crippen LogP contribution in [0.4, 0.5) is 0 Å². The van der Waals surface area contributed by atoms with E-state index in [1.807, 2.05) is 30.3 Å². The minimum atomic E-state index is -3.77. The van der Waals surface area contributed by atoms with E-state index in [2.05, 4.69) is 26.9 Å². The van der Waals surface area contributed by atoms with Gasteiger partial charge in [-0.05, 0) is 24.7 Å². The molecule has 2 aromatic rings. The van der Waals surface area contributed by atoms with Crippen LogP contribution in [0.2, 0.25) is 5.02 Å². The quantitative estimate of drug-likeness (QED) is 0.594. The molecule has 1 aliphatic rings. The third-order valence-corrected chi connectivity index (χ3v) is 7.30. The number of benzene rings is 2. The standard InChI is InChI=1S/C22H29ClN4O3S/c1-26-13-15-27(16-14-26)17-20(18-7-3-2-4-8-18)25-22(28)11-12-24-31(29,30)21-10-6-5-9-19(21)23/h2-10,20,24H,11-17H2,1H3,(H,25,28). The molecule has 0 bridgehead atoms. The van der Waals surface area contributed by atoms with Crippen LogP contribution < -0.4 is 10.0 Å². The first-order chi connectivity index (χ1) is 14.8. The van der Waals surface area contributed by atoms with Crippen LogP contribution in [0.25, 0.3) is 0 Å². The van der Waals surface area contributed by atoms with Gasteiger partial charge in [0.15, 0.2) is 0 Å². The zero-order valence-electron chi connectivity index (χ0n) is 17.6. The van der Waals surface area contributed by atoms with Crippen LogP contribution in [0.3, 0.4) is 0 Å². The van der Waals surface area contributed by atoms with Crippen molar-refractivity contribution in [3.63, 3.8) is 0 Å². The molecule has 9 heteroatoms. The van der Waals surface area contributed by atoms with E-state index in [4.69, 9.17) is 11.6 Å². The van der Waals surface area contributed by atoms with E-state index in [-0.39, 0.29) is 34.8 Å². The average Bonchev–Trinajstić information content (AvgIpc) is 2.75. The highest BCUT2D eigenvalue weighted by molar-refractivity contribution is 7.89. The van der Waals surface area contributed by atoms with E-state index < -0.39 is 10.0 Å². The van der Waals surface area contributed by atoms with E-state index in [1.165, 1.54) is 12.1 Å². The molecule has 168 valence electrons. The number of piperazine rings is 1. The van der Waals surface area contributed by atoms with Gasteiger partial charge in [-0.2, -0.15) is 0 Å². The van der Waals surface area contributed by atoms with Gasteiger partial charge in [0.1, 0.15) is 4.90 Å². The lowest BCUT2D eigenvalue weighted by Gasteiger charge is -2.35. The lowest BCUT2D eigenvalue weighted by Crippen LogP contribution is -2.48. The number of carbonyl (C=O) groups excluding carboxylic acids is 1. The van der Waals surface area contributed by atoms with Crippen molar-refractivity contribution in [1.29, 1.82) is 0 Å². The number of likely N-dealkylation sites (N-methyl/N-ethyl adjacent to an activating group) is 1. The molecule has 1 amide bonds. The van der Waals surface area contributed by atoms with Crippen molar-refractivity contribution in [1.82, 2.24) is 19.8 Å². The molecule has 0 aliphatic carbocycles. The summed E-state index contributed by atoms with van der Waals surface area (Å²) >= 11 is 5.98. The van der Waals surface area contributed by atoms with E-state index in [0.29, 0.717) is 0 Å². The molecule has 0 aromatic heterocycles. The summed E-state index contributed by atoms with van der Waals surface area (Å²) in [7, 11) is -1.66. The lowest BCUT2D eigenvalue weighted by molar-refractivity contribution is -0.121. The molecule has 31 heavy (non-hydrogen) atoms. The van der Waals surface area contributed by atoms with E-state index >= 15 is 0 Å². The molecule has 1 saturated heterocycles. The molecule has 3 rings (SSSR count). The Bertz CT molecular complexity index is 964. The van der Waals surface area contributed by atoms with Crippen molar-refractivity contribution in [2.24, 2.45) is 0 Å². The van der Waals surface area contributed by atoms with Gasteiger partial charge in [0.05, 0.1) is 11.1 Å². The Balaban J connectivity index is 1.57. The molecular weight excluding hydrogens is 436 g/mol. The molecular formula is C22H29ClN4O3S. The van der Waals surface area contributed by atoms with E-state index in [1.54, 1.807) is 12.1 Å². The molecule has 1 aliphatic heterocycles. The summed E-state index contributed by atoms with van der Waals surface area (Å²) < 4.78 is 27.3. The fourth-order valence-corrected chi connectivity index (χ4v) is 5.06. The van der Waals surface area contributed by atoms with Gasteiger partial charge in [-0.3, -0.25) is 9.69 Å². The molecule has 0 spiro atoms. The molecule has 2 aromatic carbocycles. The van der Waals surface area contributed by atoms with Crippen LogP contribution in [0.5, 0.6) is 0 Å². The Kier molecular flexibility index (Phi) is 8.45. The van der Waals surface area contributed by atoms with Gasteiger partial charge >= 0.3 is 0 Å². The molecule has 0 radical (unpaired) electrons. The van der Waals surface area contributed by atoms with E-state index in [9.17, 15) is 13.2 Å². The molecule has 0 saturated carbocycles. The minimum Gasteiger partial charge on any atom is -0.348 e. The maximum absolute atomic E-state index is 12.6. The second-order valence-corrected chi connectivity index (χ2v) is 9.86. The van der Waals surface area contributed by atoms with Gasteiger partial charge in [-0.1, -0.05) is 54.1 Å². The molecule has 7 nitrogen and oxygen atoms in total. The van der Waals surface area contributed by atoms with Gasteiger partial charge in [-0.15, -0.1) is 0 Å². The minimum absolute atomic E-state index is 0.00456. The van der Waals surface area contributed by atoms with Crippen molar-refractivity contribution in [3.05, 3.63) is 65.2 Å². The van der Waals surface area contributed by atoms with Gasteiger partial charge in [0, 0.05) is 45.7 Å². The van der Waals surface area contributed by atoms with Crippen molar-refractivity contribution >= 4 is 27.5 Å². The highest BCUT2D eigenvalue weighted by atomic mass is 35.5. The Labute approximate surface area is 189 Å². The van der Waals surface area contributed by atoms with Crippen LogP contribution in [0.15, 0.2) is 59.5 Å². The van der Waals surface area contributed by atoms with Crippen molar-refractivity contribution < 1.29 is 13.2 Å². The summed E-state index contributed by atoms with van der Waals surface area (Å²) in [6, 6.07) is 15.9. The summed E-state index contributed by atoms with van der Waals surface area (Å²) in [5, 5.41) is 3.22. The molecule has 2 N–H and O–H groups in total. The fraction of sp³-hybridized carbons (Fsp3) is 0.409. The highest BCUT2D eigenvalue weighted by Gasteiger charge is 2.22. The lowest BCUT2D eigenvalue weighted by atomic mass is 10.1. The predicted molar refractivity (Wildman–Crippen MR) is 123 cm³/mol. The summed E-state index contributed by atoms with van der Waals surface area (Å²) in [6.45, 7) is 4.61. The Morgan fingerprint density at radius 1 is 1.03 bits per heavy atom. The van der Waals surface area contributed by atoms with Gasteiger partial charge < -0.3 is 10.2 Å². The maximum atomic E-state index is 12.6. The van der Waals surface area contributed by atoms with Crippen LogP contribution >= 0.6 is 11.6 Å². The van der Waals surface area contributed by atoms with Gasteiger partial charge in [0.2, 0.25) is 15.9 Å². The number of hydrogen-bond acceptors (Lipinski definition) is 5. The molecule has 1 heterocycles. The predicted octanol–water partition coefficient (Wildman–Crippen LogP) is 2.11. The van der Waals surface area contributed by atoms with Crippen molar-refractivity contribution in [3.8, 4) is 0 Å². The third kappa shape index (κ3) is 7.02. The average molecular weight is 465 g/mol. The van der Waals surface area contributed by atoms with Crippen LogP contribution in [0.1, 0.15) is 18.0 Å². The summed E-state index contributed by atoms with van der Waals surface area (Å²) in [4.78, 5) is 17.3. The fourth-order valence-electron chi connectivity index (χ4n) is 3.51. The zero-order chi connectivity index (χ0) is 22.3. The monoisotopic (exact) mass is 464 g/mol. The molecule has 1 atom stereocenters. The largest absolute Gasteiger partial charge is 0.348 e. The Hall–Kier alpha value is -1.97. The summed E-state index contributed by atoms with van der Waals surface area (Å²) in [5.41, 5.74) is 1.03. The smallest absolute Gasteiger partial charge is 0.242 e. The number of amides is 1. The van der Waals surface area contributed by atoms with Gasteiger partial charge in [-0.25, -0.2) is 13.1 Å². The zero-order valence-corrected chi connectivity index (χ0v) is 19.2. The van der Waals surface area contributed by atoms with Crippen molar-refractivity contribution in [2.75, 3.05) is 46.3 Å². The van der Waals surface area contributed by atoms with E-state index in [0.717, 1.165) is 38.3 Å². The first kappa shape index (κ1) is 23.7. The van der Waals surface area contributed by atoms with Crippen LogP contribution in [-0.2, 0) is 14.8 Å². The van der Waals surface area contributed by atoms with Gasteiger partial charge in [0.25, 0.3) is 0 Å². The number of halogens is 1. The number of nitrogens with zero attached hydrogens (tertiary/aromatic N) is 2. The Morgan fingerprint density at radius 2 is 1.68 bits per heavy atom. The third-order valence-electron chi connectivity index (χ3n) is 5.34. The number of rotatable bonds is 9. The topological polar surface area (TPSA) is 81.8 Å². The number of carbonyl (C=O) groups is 1. The SMILES string of the molecule is CN1CCN(CC(NC(=O)CCNS(=O)(=O)c2ccccc2Cl)c2ccccc2)CC1. The number of sulfonamides is 1. The first-order valence-electron chi connectivity index (χ1n) is 10.3. The number of nitrogens with one attached hydrogen (secondary N) is 2. The van der Waals surface area contributed by atoms with Crippen LogP contribution in [-0.4, -0.2) is 70.4 Å². The maximum Gasteiger partial charge on any atom is 0.242 e. The van der Waals surface area contributed by atoms with Crippen molar-refractivity contribution in [2.45, 2.75) is 17.4 Å². The Morgan fingerprint density at radius 3 is 2.35 bits per heavy atom. The normalized spacial score (nSPS) is 16.7. The second kappa shape index (κ2) is 11.1. The summed E-state index contributed by atoms with van der Waals surface area (Å²) in [6.07, 6.45) is 0.0375. The van der Waals surface area contributed by atoms with Crippen LogP contribution in [0, 0.1) is 0 Å². The highest BCUT2D eigenvalue weighted by Crippen LogP contribution is 2.20. The second-order valence-electron chi connectivity index (χ2n) is 7.71. The molecule has 1 unspecified atom stereocenters. The molecule has 1 fully saturated rings. The summed E-state index contributed by atoms with van der Waals surface area (Å²) in [5.74, 6) is -0.204. The number of hydrogen-bond donors (Lipinski definition) is 2. The first-order valence-corrected chi connectivity index (χ1v) is 12.2.